The van der Waals surface area contributed by atoms with Crippen LogP contribution in [0, 0.1) is 9.39 Å². The lowest BCUT2D eigenvalue weighted by molar-refractivity contribution is 0.628. The number of hydrogen-bond donors (Lipinski definition) is 1. The lowest BCUT2D eigenvalue weighted by atomic mass is 10.0. The van der Waals surface area contributed by atoms with E-state index in [-0.39, 0.29) is 11.4 Å². The second-order valence-electron chi connectivity index (χ2n) is 4.09. The van der Waals surface area contributed by atoms with Gasteiger partial charge < -0.3 is 4.98 Å². The first-order chi connectivity index (χ1) is 9.15. The van der Waals surface area contributed by atoms with E-state index in [1.54, 1.807) is 18.2 Å². The van der Waals surface area contributed by atoms with Gasteiger partial charge in [0.1, 0.15) is 5.82 Å². The number of aromatic amines is 1. The smallest absolute Gasteiger partial charge is 0.258 e. The maximum Gasteiger partial charge on any atom is 0.258 e. The van der Waals surface area contributed by atoms with Gasteiger partial charge in [0.2, 0.25) is 0 Å². The summed E-state index contributed by atoms with van der Waals surface area (Å²) in [7, 11) is 0. The molecule has 1 N–H and O–H groups in total. The summed E-state index contributed by atoms with van der Waals surface area (Å²) in [6, 6.07) is 9.90. The predicted octanol–water partition coefficient (Wildman–Crippen LogP) is 3.33. The van der Waals surface area contributed by atoms with Gasteiger partial charge in [0.25, 0.3) is 5.56 Å². The molecule has 3 aromatic rings. The SMILES string of the molecule is O=c1[nH]cnc2c(I)cc(-c3ccc(F)cc3)cc12. The van der Waals surface area contributed by atoms with Gasteiger partial charge in [-0.2, -0.15) is 0 Å². The fourth-order valence-electron chi connectivity index (χ4n) is 1.95. The molecule has 2 aromatic carbocycles. The summed E-state index contributed by atoms with van der Waals surface area (Å²) < 4.78 is 13.8. The standard InChI is InChI=1S/C14H8FIN2O/c15-10-3-1-8(2-4-10)9-5-11-13(12(16)6-9)17-7-18-14(11)19/h1-7H,(H,17,18,19). The van der Waals surface area contributed by atoms with E-state index in [1.165, 1.54) is 18.5 Å². The van der Waals surface area contributed by atoms with E-state index in [0.29, 0.717) is 10.9 Å². The van der Waals surface area contributed by atoms with E-state index in [1.807, 2.05) is 6.07 Å². The molecule has 1 aromatic heterocycles. The van der Waals surface area contributed by atoms with Crippen molar-refractivity contribution in [2.75, 3.05) is 0 Å². The van der Waals surface area contributed by atoms with Crippen LogP contribution in [0.15, 0.2) is 47.5 Å². The Labute approximate surface area is 121 Å². The Hall–Kier alpha value is -1.76. The van der Waals surface area contributed by atoms with Crippen molar-refractivity contribution in [3.05, 3.63) is 62.5 Å². The largest absolute Gasteiger partial charge is 0.313 e. The van der Waals surface area contributed by atoms with Crippen LogP contribution in [0.25, 0.3) is 22.0 Å². The fourth-order valence-corrected chi connectivity index (χ4v) is 2.71. The van der Waals surface area contributed by atoms with Gasteiger partial charge in [-0.15, -0.1) is 0 Å². The van der Waals surface area contributed by atoms with Crippen molar-refractivity contribution in [1.29, 1.82) is 0 Å². The van der Waals surface area contributed by atoms with Crippen molar-refractivity contribution >= 4 is 33.5 Å². The second-order valence-corrected chi connectivity index (χ2v) is 5.25. The molecule has 0 aliphatic rings. The molecule has 0 aliphatic carbocycles. The molecule has 1 heterocycles. The van der Waals surface area contributed by atoms with Crippen LogP contribution in [-0.2, 0) is 0 Å². The Morgan fingerprint density at radius 3 is 2.58 bits per heavy atom. The third kappa shape index (κ3) is 2.25. The van der Waals surface area contributed by atoms with Gasteiger partial charge in [-0.3, -0.25) is 4.79 Å². The number of H-pyrrole nitrogens is 1. The minimum atomic E-state index is -0.279. The van der Waals surface area contributed by atoms with Crippen LogP contribution in [0.2, 0.25) is 0 Å². The monoisotopic (exact) mass is 366 g/mol. The molecule has 0 saturated carbocycles. The second kappa shape index (κ2) is 4.73. The Bertz CT molecular complexity index is 812. The number of nitrogens with zero attached hydrogens (tertiary/aromatic N) is 1. The molecule has 5 heteroatoms. The zero-order valence-electron chi connectivity index (χ0n) is 9.65. The van der Waals surface area contributed by atoms with Crippen molar-refractivity contribution in [1.82, 2.24) is 9.97 Å². The highest BCUT2D eigenvalue weighted by Gasteiger charge is 2.07. The Balaban J connectivity index is 2.29. The first kappa shape index (κ1) is 12.3. The van der Waals surface area contributed by atoms with E-state index in [2.05, 4.69) is 32.6 Å². The highest BCUT2D eigenvalue weighted by molar-refractivity contribution is 14.1. The highest BCUT2D eigenvalue weighted by atomic mass is 127. The molecule has 0 fully saturated rings. The summed E-state index contributed by atoms with van der Waals surface area (Å²) in [6.07, 6.45) is 1.39. The zero-order chi connectivity index (χ0) is 13.4. The molecule has 0 unspecified atom stereocenters. The van der Waals surface area contributed by atoms with E-state index in [0.717, 1.165) is 14.7 Å². The molecule has 0 amide bonds. The highest BCUT2D eigenvalue weighted by Crippen LogP contribution is 2.26. The maximum absolute atomic E-state index is 12.9. The number of benzene rings is 2. The topological polar surface area (TPSA) is 45.8 Å². The van der Waals surface area contributed by atoms with Gasteiger partial charge in [-0.25, -0.2) is 9.37 Å². The molecule has 0 bridgehead atoms. The Morgan fingerprint density at radius 2 is 1.84 bits per heavy atom. The average molecular weight is 366 g/mol. The molecule has 0 spiro atoms. The first-order valence-electron chi connectivity index (χ1n) is 5.58. The van der Waals surface area contributed by atoms with Crippen LogP contribution in [0.3, 0.4) is 0 Å². The van der Waals surface area contributed by atoms with Crippen LogP contribution >= 0.6 is 22.6 Å². The average Bonchev–Trinajstić information content (AvgIpc) is 2.41. The lowest BCUT2D eigenvalue weighted by Crippen LogP contribution is -2.07. The number of rotatable bonds is 1. The van der Waals surface area contributed by atoms with Crippen molar-refractivity contribution in [3.63, 3.8) is 0 Å². The number of fused-ring (bicyclic) bond motifs is 1. The summed E-state index contributed by atoms with van der Waals surface area (Å²) in [5.74, 6) is -0.279. The van der Waals surface area contributed by atoms with E-state index >= 15 is 0 Å². The third-order valence-corrected chi connectivity index (χ3v) is 3.70. The van der Waals surface area contributed by atoms with Gasteiger partial charge in [-0.05, 0) is 58.0 Å². The van der Waals surface area contributed by atoms with Gasteiger partial charge in [-0.1, -0.05) is 12.1 Å². The van der Waals surface area contributed by atoms with Crippen LogP contribution < -0.4 is 5.56 Å². The lowest BCUT2D eigenvalue weighted by Gasteiger charge is -2.05. The quantitative estimate of drug-likeness (QED) is 0.672. The predicted molar refractivity (Wildman–Crippen MR) is 80.5 cm³/mol. The molecular formula is C14H8FIN2O. The van der Waals surface area contributed by atoms with Crippen LogP contribution in [0.1, 0.15) is 0 Å². The van der Waals surface area contributed by atoms with E-state index in [9.17, 15) is 9.18 Å². The summed E-state index contributed by atoms with van der Waals surface area (Å²) in [5, 5.41) is 0.536. The third-order valence-electron chi connectivity index (χ3n) is 2.87. The normalized spacial score (nSPS) is 10.8. The van der Waals surface area contributed by atoms with E-state index < -0.39 is 0 Å². The maximum atomic E-state index is 12.9. The molecule has 3 nitrogen and oxygen atoms in total. The molecule has 0 atom stereocenters. The molecule has 3 rings (SSSR count). The van der Waals surface area contributed by atoms with Gasteiger partial charge in [0.05, 0.1) is 17.2 Å². The Kier molecular flexibility index (Phi) is 3.06. The van der Waals surface area contributed by atoms with Gasteiger partial charge >= 0.3 is 0 Å². The van der Waals surface area contributed by atoms with Crippen LogP contribution in [0.5, 0.6) is 0 Å². The number of halogens is 2. The summed E-state index contributed by atoms with van der Waals surface area (Å²) in [4.78, 5) is 18.5. The molecular weight excluding hydrogens is 358 g/mol. The number of aromatic nitrogens is 2. The van der Waals surface area contributed by atoms with Crippen LogP contribution in [0.4, 0.5) is 4.39 Å². The first-order valence-corrected chi connectivity index (χ1v) is 6.66. The van der Waals surface area contributed by atoms with Crippen molar-refractivity contribution in [2.45, 2.75) is 0 Å². The molecule has 0 aliphatic heterocycles. The zero-order valence-corrected chi connectivity index (χ0v) is 11.8. The van der Waals surface area contributed by atoms with Crippen molar-refractivity contribution < 1.29 is 4.39 Å². The molecule has 0 saturated heterocycles. The molecule has 94 valence electrons. The summed E-state index contributed by atoms with van der Waals surface area (Å²) in [5.41, 5.74) is 2.24. The van der Waals surface area contributed by atoms with Crippen LogP contribution in [-0.4, -0.2) is 9.97 Å². The fraction of sp³-hybridized carbons (Fsp3) is 0. The molecule has 0 radical (unpaired) electrons. The van der Waals surface area contributed by atoms with Crippen molar-refractivity contribution in [2.24, 2.45) is 0 Å². The summed E-state index contributed by atoms with van der Waals surface area (Å²) >= 11 is 2.14. The summed E-state index contributed by atoms with van der Waals surface area (Å²) in [6.45, 7) is 0. The Morgan fingerprint density at radius 1 is 1.11 bits per heavy atom. The van der Waals surface area contributed by atoms with Gasteiger partial charge in [0.15, 0.2) is 0 Å². The minimum Gasteiger partial charge on any atom is -0.313 e. The number of nitrogens with one attached hydrogen (secondary N) is 1. The van der Waals surface area contributed by atoms with E-state index in [4.69, 9.17) is 0 Å². The van der Waals surface area contributed by atoms with Gasteiger partial charge in [0, 0.05) is 3.57 Å². The van der Waals surface area contributed by atoms with Crippen molar-refractivity contribution in [3.8, 4) is 11.1 Å². The minimum absolute atomic E-state index is 0.174. The molecule has 19 heavy (non-hydrogen) atoms. The number of hydrogen-bond acceptors (Lipinski definition) is 2.